The number of hydrogen-bond acceptors (Lipinski definition) is 5. The van der Waals surface area contributed by atoms with E-state index >= 15 is 0 Å². The van der Waals surface area contributed by atoms with E-state index in [0.717, 1.165) is 57.1 Å². The predicted octanol–water partition coefficient (Wildman–Crippen LogP) is 2.95. The van der Waals surface area contributed by atoms with Crippen LogP contribution < -0.4 is 20.1 Å². The Labute approximate surface area is 186 Å². The highest BCUT2D eigenvalue weighted by molar-refractivity contribution is 14.0. The van der Waals surface area contributed by atoms with Gasteiger partial charge in [0.05, 0.1) is 20.3 Å². The molecule has 0 spiro atoms. The predicted molar refractivity (Wildman–Crippen MR) is 124 cm³/mol. The Balaban J connectivity index is 0.00000729. The number of unbranched alkanes of at least 4 members (excludes halogenated alkanes) is 1. The molecule has 0 aliphatic rings. The zero-order valence-corrected chi connectivity index (χ0v) is 19.7. The summed E-state index contributed by atoms with van der Waals surface area (Å²) in [6, 6.07) is 5.69. The van der Waals surface area contributed by atoms with Crippen molar-refractivity contribution >= 4 is 29.9 Å². The van der Waals surface area contributed by atoms with Crippen LogP contribution in [-0.2, 0) is 11.3 Å². The third-order valence-electron chi connectivity index (χ3n) is 3.74. The minimum absolute atomic E-state index is 0. The molecule has 0 atom stereocenters. The van der Waals surface area contributed by atoms with E-state index in [2.05, 4.69) is 22.5 Å². The zero-order valence-electron chi connectivity index (χ0n) is 17.3. The first kappa shape index (κ1) is 26.7. The molecule has 0 fully saturated rings. The molecular formula is C20H36IN3O4. The molecule has 28 heavy (non-hydrogen) atoms. The molecule has 162 valence electrons. The summed E-state index contributed by atoms with van der Waals surface area (Å²) in [6.45, 7) is 8.16. The summed E-state index contributed by atoms with van der Waals surface area (Å²) < 4.78 is 16.4. The van der Waals surface area contributed by atoms with Crippen LogP contribution in [-0.4, -0.2) is 57.7 Å². The maximum Gasteiger partial charge on any atom is 0.191 e. The van der Waals surface area contributed by atoms with Crippen molar-refractivity contribution in [1.29, 1.82) is 0 Å². The van der Waals surface area contributed by atoms with Crippen molar-refractivity contribution in [3.05, 3.63) is 23.8 Å². The van der Waals surface area contributed by atoms with E-state index < -0.39 is 0 Å². The highest BCUT2D eigenvalue weighted by Gasteiger charge is 2.06. The monoisotopic (exact) mass is 509 g/mol. The second kappa shape index (κ2) is 17.8. The van der Waals surface area contributed by atoms with Gasteiger partial charge in [0.1, 0.15) is 6.61 Å². The lowest BCUT2D eigenvalue weighted by Crippen LogP contribution is -2.38. The maximum absolute atomic E-state index is 8.88. The van der Waals surface area contributed by atoms with E-state index in [1.165, 1.54) is 0 Å². The largest absolute Gasteiger partial charge is 0.493 e. The highest BCUT2D eigenvalue weighted by Crippen LogP contribution is 2.28. The quantitative estimate of drug-likeness (QED) is 0.155. The van der Waals surface area contributed by atoms with Gasteiger partial charge in [0.25, 0.3) is 0 Å². The van der Waals surface area contributed by atoms with Gasteiger partial charge in [-0.15, -0.1) is 24.0 Å². The van der Waals surface area contributed by atoms with E-state index in [0.29, 0.717) is 18.0 Å². The van der Waals surface area contributed by atoms with Gasteiger partial charge in [0.2, 0.25) is 0 Å². The van der Waals surface area contributed by atoms with Crippen molar-refractivity contribution < 1.29 is 19.3 Å². The SMILES string of the molecule is CCCCOCCCNC(=NCc1ccc(OCCO)c(OC)c1)NCC.I. The van der Waals surface area contributed by atoms with Crippen LogP contribution in [0, 0.1) is 0 Å². The number of nitrogens with zero attached hydrogens (tertiary/aromatic N) is 1. The number of aliphatic hydroxyl groups excluding tert-OH is 1. The molecule has 3 N–H and O–H groups in total. The van der Waals surface area contributed by atoms with Crippen molar-refractivity contribution in [1.82, 2.24) is 10.6 Å². The number of methoxy groups -OCH3 is 1. The highest BCUT2D eigenvalue weighted by atomic mass is 127. The Morgan fingerprint density at radius 3 is 2.54 bits per heavy atom. The van der Waals surface area contributed by atoms with Crippen LogP contribution in [0.3, 0.4) is 0 Å². The molecule has 0 aliphatic carbocycles. The van der Waals surface area contributed by atoms with Crippen LogP contribution >= 0.6 is 24.0 Å². The van der Waals surface area contributed by atoms with Crippen molar-refractivity contribution in [2.75, 3.05) is 46.6 Å². The molecule has 7 nitrogen and oxygen atoms in total. The van der Waals surface area contributed by atoms with Gasteiger partial charge in [-0.25, -0.2) is 4.99 Å². The molecule has 8 heteroatoms. The van der Waals surface area contributed by atoms with Gasteiger partial charge in [-0.1, -0.05) is 19.4 Å². The molecular weight excluding hydrogens is 473 g/mol. The third-order valence-corrected chi connectivity index (χ3v) is 3.74. The van der Waals surface area contributed by atoms with Gasteiger partial charge in [-0.05, 0) is 37.5 Å². The number of rotatable bonds is 14. The first-order chi connectivity index (χ1) is 13.2. The van der Waals surface area contributed by atoms with Gasteiger partial charge in [0, 0.05) is 26.3 Å². The molecule has 0 aromatic heterocycles. The van der Waals surface area contributed by atoms with Crippen LogP contribution in [0.25, 0.3) is 0 Å². The average Bonchev–Trinajstić information content (AvgIpc) is 2.69. The second-order valence-electron chi connectivity index (χ2n) is 6.00. The lowest BCUT2D eigenvalue weighted by molar-refractivity contribution is 0.129. The Hall–Kier alpha value is -1.26. The number of nitrogens with one attached hydrogen (secondary N) is 2. The lowest BCUT2D eigenvalue weighted by atomic mass is 10.2. The fourth-order valence-corrected chi connectivity index (χ4v) is 2.33. The van der Waals surface area contributed by atoms with Gasteiger partial charge in [-0.2, -0.15) is 0 Å². The Morgan fingerprint density at radius 1 is 1.07 bits per heavy atom. The summed E-state index contributed by atoms with van der Waals surface area (Å²) in [5.74, 6) is 2.04. The molecule has 1 aromatic rings. The minimum atomic E-state index is -0.0312. The normalized spacial score (nSPS) is 10.9. The Kier molecular flexibility index (Phi) is 17.0. The summed E-state index contributed by atoms with van der Waals surface area (Å²) >= 11 is 0. The van der Waals surface area contributed by atoms with E-state index in [9.17, 15) is 0 Å². The first-order valence-corrected chi connectivity index (χ1v) is 9.75. The maximum atomic E-state index is 8.88. The molecule has 0 aliphatic heterocycles. The van der Waals surface area contributed by atoms with Crippen LogP contribution in [0.1, 0.15) is 38.7 Å². The molecule has 0 radical (unpaired) electrons. The lowest BCUT2D eigenvalue weighted by Gasteiger charge is -2.13. The number of ether oxygens (including phenoxy) is 3. The first-order valence-electron chi connectivity index (χ1n) is 9.75. The number of guanidine groups is 1. The smallest absolute Gasteiger partial charge is 0.191 e. The number of aliphatic imine (C=N–C) groups is 1. The molecule has 0 unspecified atom stereocenters. The van der Waals surface area contributed by atoms with Crippen LogP contribution in [0.2, 0.25) is 0 Å². The van der Waals surface area contributed by atoms with E-state index in [1.807, 2.05) is 25.1 Å². The van der Waals surface area contributed by atoms with Crippen LogP contribution in [0.5, 0.6) is 11.5 Å². The van der Waals surface area contributed by atoms with Crippen LogP contribution in [0.15, 0.2) is 23.2 Å². The molecule has 0 saturated carbocycles. The molecule has 1 aromatic carbocycles. The molecule has 0 bridgehead atoms. The fourth-order valence-electron chi connectivity index (χ4n) is 2.33. The number of benzene rings is 1. The van der Waals surface area contributed by atoms with E-state index in [-0.39, 0.29) is 37.2 Å². The number of halogens is 1. The second-order valence-corrected chi connectivity index (χ2v) is 6.00. The number of hydrogen-bond donors (Lipinski definition) is 3. The van der Waals surface area contributed by atoms with Gasteiger partial charge < -0.3 is 30.0 Å². The Morgan fingerprint density at radius 2 is 1.86 bits per heavy atom. The Bertz CT molecular complexity index is 544. The van der Waals surface area contributed by atoms with E-state index in [1.54, 1.807) is 7.11 Å². The number of aliphatic hydroxyl groups is 1. The van der Waals surface area contributed by atoms with Crippen LogP contribution in [0.4, 0.5) is 0 Å². The summed E-state index contributed by atoms with van der Waals surface area (Å²) in [7, 11) is 1.60. The zero-order chi connectivity index (χ0) is 19.7. The summed E-state index contributed by atoms with van der Waals surface area (Å²) in [6.07, 6.45) is 3.22. The van der Waals surface area contributed by atoms with Gasteiger partial charge in [0.15, 0.2) is 17.5 Å². The third kappa shape index (κ3) is 11.6. The fraction of sp³-hybridized carbons (Fsp3) is 0.650. The molecule has 0 saturated heterocycles. The summed E-state index contributed by atoms with van der Waals surface area (Å²) in [5, 5.41) is 15.5. The van der Waals surface area contributed by atoms with Gasteiger partial charge >= 0.3 is 0 Å². The molecule has 0 heterocycles. The minimum Gasteiger partial charge on any atom is -0.493 e. The van der Waals surface area contributed by atoms with Gasteiger partial charge in [-0.3, -0.25) is 0 Å². The van der Waals surface area contributed by atoms with Crippen molar-refractivity contribution in [2.45, 2.75) is 39.7 Å². The summed E-state index contributed by atoms with van der Waals surface area (Å²) in [4.78, 5) is 4.62. The van der Waals surface area contributed by atoms with Crippen molar-refractivity contribution in [2.24, 2.45) is 4.99 Å². The topological polar surface area (TPSA) is 84.3 Å². The van der Waals surface area contributed by atoms with E-state index in [4.69, 9.17) is 19.3 Å². The molecule has 0 amide bonds. The van der Waals surface area contributed by atoms with Crippen molar-refractivity contribution in [3.63, 3.8) is 0 Å². The van der Waals surface area contributed by atoms with Crippen molar-refractivity contribution in [3.8, 4) is 11.5 Å². The summed E-state index contributed by atoms with van der Waals surface area (Å²) in [5.41, 5.74) is 1.02. The molecule has 1 rings (SSSR count). The standard InChI is InChI=1S/C20H35N3O4.HI/c1-4-6-12-26-13-7-10-22-20(21-5-2)23-16-17-8-9-18(27-14-11-24)19(15-17)25-3;/h8-9,15,24H,4-7,10-14,16H2,1-3H3,(H2,21,22,23);1H. The average molecular weight is 509 g/mol.